The van der Waals surface area contributed by atoms with Gasteiger partial charge in [-0.05, 0) is 19.1 Å². The molecule has 3 heterocycles. The third-order valence-electron chi connectivity index (χ3n) is 4.50. The van der Waals surface area contributed by atoms with Gasteiger partial charge in [-0.3, -0.25) is 9.48 Å². The standard InChI is InChI=1S/C18H19N9O2/c1-10(17(19)28)27-7-6-11(24-27)8-26-9-13(23-25-26)15-12-4-3-5-14(29-2)16(12)22-18(20)21-15/h3-7,9-10H,8H2,1-2H3,(H2,19,28)(H2,20,21,22). The van der Waals surface area contributed by atoms with Gasteiger partial charge in [0.1, 0.15) is 28.7 Å². The topological polar surface area (TPSA) is 153 Å². The number of para-hydroxylation sites is 1. The Bertz CT molecular complexity index is 1200. The molecule has 11 heteroatoms. The van der Waals surface area contributed by atoms with Crippen molar-refractivity contribution in [2.75, 3.05) is 12.8 Å². The molecular formula is C18H19N9O2. The molecule has 0 aliphatic heterocycles. The first-order valence-electron chi connectivity index (χ1n) is 8.80. The number of carbonyl (C=O) groups excluding carboxylic acids is 1. The second kappa shape index (κ2) is 7.19. The first-order chi connectivity index (χ1) is 14.0. The third-order valence-corrected chi connectivity index (χ3v) is 4.50. The Labute approximate surface area is 165 Å². The number of nitrogen functional groups attached to an aromatic ring is 1. The number of carbonyl (C=O) groups is 1. The predicted molar refractivity (Wildman–Crippen MR) is 105 cm³/mol. The van der Waals surface area contributed by atoms with Crippen molar-refractivity contribution in [3.8, 4) is 17.1 Å². The molecule has 1 unspecified atom stereocenters. The van der Waals surface area contributed by atoms with E-state index in [0.29, 0.717) is 34.9 Å². The zero-order valence-corrected chi connectivity index (χ0v) is 15.9. The van der Waals surface area contributed by atoms with Crippen LogP contribution in [0, 0.1) is 0 Å². The van der Waals surface area contributed by atoms with E-state index in [0.717, 1.165) is 5.39 Å². The lowest BCUT2D eigenvalue weighted by molar-refractivity contribution is -0.120. The number of anilines is 1. The van der Waals surface area contributed by atoms with E-state index in [9.17, 15) is 4.79 Å². The molecule has 148 valence electrons. The molecule has 0 bridgehead atoms. The van der Waals surface area contributed by atoms with E-state index in [2.05, 4.69) is 25.4 Å². The van der Waals surface area contributed by atoms with Gasteiger partial charge in [0.25, 0.3) is 0 Å². The molecule has 3 aromatic heterocycles. The van der Waals surface area contributed by atoms with E-state index in [1.54, 1.807) is 43.2 Å². The van der Waals surface area contributed by atoms with Crippen molar-refractivity contribution in [3.63, 3.8) is 0 Å². The highest BCUT2D eigenvalue weighted by Crippen LogP contribution is 2.30. The number of rotatable bonds is 6. The summed E-state index contributed by atoms with van der Waals surface area (Å²) in [6.45, 7) is 2.05. The Hall–Kier alpha value is -4.02. The minimum Gasteiger partial charge on any atom is -0.494 e. The molecule has 0 fully saturated rings. The van der Waals surface area contributed by atoms with Crippen LogP contribution in [0.25, 0.3) is 22.3 Å². The summed E-state index contributed by atoms with van der Waals surface area (Å²) >= 11 is 0. The van der Waals surface area contributed by atoms with E-state index in [1.807, 2.05) is 12.1 Å². The average Bonchev–Trinajstić information content (AvgIpc) is 3.36. The zero-order chi connectivity index (χ0) is 20.5. The second-order valence-electron chi connectivity index (χ2n) is 6.45. The summed E-state index contributed by atoms with van der Waals surface area (Å²) in [5.41, 5.74) is 13.6. The zero-order valence-electron chi connectivity index (χ0n) is 15.9. The lowest BCUT2D eigenvalue weighted by Gasteiger charge is -2.07. The van der Waals surface area contributed by atoms with Crippen molar-refractivity contribution in [3.05, 3.63) is 42.4 Å². The average molecular weight is 393 g/mol. The Balaban J connectivity index is 1.66. The van der Waals surface area contributed by atoms with Gasteiger partial charge in [0.2, 0.25) is 11.9 Å². The molecule has 0 saturated carbocycles. The fourth-order valence-corrected chi connectivity index (χ4v) is 2.96. The maximum Gasteiger partial charge on any atom is 0.241 e. The number of primary amides is 1. The first-order valence-corrected chi connectivity index (χ1v) is 8.80. The van der Waals surface area contributed by atoms with Crippen LogP contribution in [0.4, 0.5) is 5.95 Å². The maximum atomic E-state index is 11.3. The number of nitrogens with zero attached hydrogens (tertiary/aromatic N) is 7. The molecule has 1 atom stereocenters. The second-order valence-corrected chi connectivity index (χ2v) is 6.45. The molecule has 1 aromatic carbocycles. The Morgan fingerprint density at radius 3 is 2.86 bits per heavy atom. The van der Waals surface area contributed by atoms with Crippen LogP contribution in [0.3, 0.4) is 0 Å². The number of nitrogens with two attached hydrogens (primary N) is 2. The van der Waals surface area contributed by atoms with Crippen molar-refractivity contribution in [1.82, 2.24) is 34.7 Å². The van der Waals surface area contributed by atoms with Crippen LogP contribution in [0.5, 0.6) is 5.75 Å². The van der Waals surface area contributed by atoms with Crippen LogP contribution >= 0.6 is 0 Å². The molecule has 0 aliphatic carbocycles. The van der Waals surface area contributed by atoms with E-state index in [4.69, 9.17) is 16.2 Å². The van der Waals surface area contributed by atoms with Gasteiger partial charge >= 0.3 is 0 Å². The minimum absolute atomic E-state index is 0.116. The van der Waals surface area contributed by atoms with Crippen molar-refractivity contribution in [2.24, 2.45) is 5.73 Å². The highest BCUT2D eigenvalue weighted by Gasteiger charge is 2.16. The van der Waals surface area contributed by atoms with Crippen molar-refractivity contribution < 1.29 is 9.53 Å². The maximum absolute atomic E-state index is 11.3. The Kier molecular flexibility index (Phi) is 4.55. The molecule has 4 rings (SSSR count). The minimum atomic E-state index is -0.527. The number of hydrogen-bond donors (Lipinski definition) is 2. The molecule has 4 N–H and O–H groups in total. The number of amides is 1. The summed E-state index contributed by atoms with van der Waals surface area (Å²) < 4.78 is 8.51. The van der Waals surface area contributed by atoms with Crippen molar-refractivity contribution >= 4 is 22.8 Å². The van der Waals surface area contributed by atoms with Gasteiger partial charge < -0.3 is 16.2 Å². The summed E-state index contributed by atoms with van der Waals surface area (Å²) in [6.07, 6.45) is 3.45. The molecule has 29 heavy (non-hydrogen) atoms. The smallest absolute Gasteiger partial charge is 0.241 e. The fourth-order valence-electron chi connectivity index (χ4n) is 2.96. The summed E-state index contributed by atoms with van der Waals surface area (Å²) in [7, 11) is 1.57. The highest BCUT2D eigenvalue weighted by molar-refractivity contribution is 5.95. The Morgan fingerprint density at radius 2 is 2.10 bits per heavy atom. The van der Waals surface area contributed by atoms with Gasteiger partial charge in [-0.1, -0.05) is 17.3 Å². The molecule has 4 aromatic rings. The lowest BCUT2D eigenvalue weighted by Crippen LogP contribution is -2.24. The number of aromatic nitrogens is 7. The van der Waals surface area contributed by atoms with E-state index < -0.39 is 11.9 Å². The summed E-state index contributed by atoms with van der Waals surface area (Å²) in [6, 6.07) is 6.79. The Morgan fingerprint density at radius 1 is 1.28 bits per heavy atom. The van der Waals surface area contributed by atoms with E-state index in [1.165, 1.54) is 4.68 Å². The number of benzene rings is 1. The highest BCUT2D eigenvalue weighted by atomic mass is 16.5. The van der Waals surface area contributed by atoms with Crippen molar-refractivity contribution in [2.45, 2.75) is 19.5 Å². The van der Waals surface area contributed by atoms with Gasteiger partial charge in [-0.15, -0.1) is 5.10 Å². The van der Waals surface area contributed by atoms with Gasteiger partial charge in [0, 0.05) is 11.6 Å². The van der Waals surface area contributed by atoms with Gasteiger partial charge in [0.15, 0.2) is 0 Å². The molecule has 0 spiro atoms. The van der Waals surface area contributed by atoms with Crippen molar-refractivity contribution in [1.29, 1.82) is 0 Å². The van der Waals surface area contributed by atoms with Crippen LogP contribution in [0.1, 0.15) is 18.7 Å². The van der Waals surface area contributed by atoms with Crippen LogP contribution in [0.2, 0.25) is 0 Å². The fraction of sp³-hybridized carbons (Fsp3) is 0.222. The number of ether oxygens (including phenoxy) is 1. The number of methoxy groups -OCH3 is 1. The monoisotopic (exact) mass is 393 g/mol. The summed E-state index contributed by atoms with van der Waals surface area (Å²) in [5, 5.41) is 13.5. The van der Waals surface area contributed by atoms with Gasteiger partial charge in [-0.2, -0.15) is 5.10 Å². The summed E-state index contributed by atoms with van der Waals surface area (Å²) in [4.78, 5) is 19.9. The van der Waals surface area contributed by atoms with Crippen LogP contribution < -0.4 is 16.2 Å². The van der Waals surface area contributed by atoms with E-state index >= 15 is 0 Å². The number of hydrogen-bond acceptors (Lipinski definition) is 8. The molecule has 0 saturated heterocycles. The molecular weight excluding hydrogens is 374 g/mol. The largest absolute Gasteiger partial charge is 0.494 e. The van der Waals surface area contributed by atoms with Gasteiger partial charge in [0.05, 0.1) is 25.5 Å². The van der Waals surface area contributed by atoms with Crippen LogP contribution in [0.15, 0.2) is 36.7 Å². The predicted octanol–water partition coefficient (Wildman–Crippen LogP) is 0.770. The molecule has 0 radical (unpaired) electrons. The van der Waals surface area contributed by atoms with E-state index in [-0.39, 0.29) is 5.95 Å². The molecule has 0 aliphatic rings. The molecule has 1 amide bonds. The van der Waals surface area contributed by atoms with Crippen LogP contribution in [-0.2, 0) is 11.3 Å². The first kappa shape index (κ1) is 18.3. The van der Waals surface area contributed by atoms with Gasteiger partial charge in [-0.25, -0.2) is 14.6 Å². The quantitative estimate of drug-likeness (QED) is 0.487. The normalized spacial score (nSPS) is 12.2. The summed E-state index contributed by atoms with van der Waals surface area (Å²) in [5.74, 6) is 0.261. The molecule has 11 nitrogen and oxygen atoms in total. The van der Waals surface area contributed by atoms with Crippen LogP contribution in [-0.4, -0.2) is 47.8 Å². The third kappa shape index (κ3) is 3.45. The number of fused-ring (bicyclic) bond motifs is 1. The lowest BCUT2D eigenvalue weighted by atomic mass is 10.1. The SMILES string of the molecule is COc1cccc2c(-c3cn(Cc4ccn(C(C)C(N)=O)n4)nn3)nc(N)nc12.